The number of unbranched alkanes of at least 4 members (excludes halogenated alkanes) is 8. The van der Waals surface area contributed by atoms with Crippen molar-refractivity contribution in [3.05, 3.63) is 122 Å². The normalized spacial score (nSPS) is 14.5. The molecule has 0 bridgehead atoms. The Hall–Kier alpha value is -3.59. The van der Waals surface area contributed by atoms with Crippen LogP contribution in [0, 0.1) is 0 Å². The molecule has 0 aliphatic heterocycles. The first-order valence-electron chi connectivity index (χ1n) is 24.2. The van der Waals surface area contributed by atoms with Crippen molar-refractivity contribution in [3.63, 3.8) is 0 Å². The molecule has 0 saturated carbocycles. The molecular weight excluding hydrogens is 822 g/mol. The summed E-state index contributed by atoms with van der Waals surface area (Å²) >= 11 is 0. The maximum absolute atomic E-state index is 12.6. The third-order valence-corrected chi connectivity index (χ3v) is 10.5. The smallest absolute Gasteiger partial charge is 0.306 e. The van der Waals surface area contributed by atoms with Crippen LogP contribution in [0.4, 0.5) is 0 Å². The van der Waals surface area contributed by atoms with Crippen LogP contribution in [-0.4, -0.2) is 70.0 Å². The molecule has 10 heteroatoms. The van der Waals surface area contributed by atoms with E-state index in [1.54, 1.807) is 0 Å². The molecule has 362 valence electrons. The quantitative estimate of drug-likeness (QED) is 0.0196. The van der Waals surface area contributed by atoms with Crippen molar-refractivity contribution >= 4 is 19.8 Å². The molecular formula is C54H88NO8P. The zero-order valence-electron chi connectivity index (χ0n) is 40.7. The summed E-state index contributed by atoms with van der Waals surface area (Å²) in [6.07, 6.45) is 62.7. The predicted octanol–water partition coefficient (Wildman–Crippen LogP) is 13.8. The number of quaternary nitrogens is 1. The monoisotopic (exact) mass is 910 g/mol. The molecule has 0 saturated heterocycles. The van der Waals surface area contributed by atoms with E-state index >= 15 is 0 Å². The molecule has 0 fully saturated rings. The maximum Gasteiger partial charge on any atom is 0.306 e. The summed E-state index contributed by atoms with van der Waals surface area (Å²) in [4.78, 5) is 37.4. The van der Waals surface area contributed by atoms with Crippen molar-refractivity contribution in [1.29, 1.82) is 0 Å². The number of rotatable bonds is 42. The van der Waals surface area contributed by atoms with Gasteiger partial charge < -0.3 is 27.9 Å². The summed E-state index contributed by atoms with van der Waals surface area (Å²) in [5.74, 6) is -0.905. The highest BCUT2D eigenvalue weighted by Crippen LogP contribution is 2.38. The molecule has 0 aliphatic carbocycles. The number of nitrogens with zero attached hydrogens (tertiary/aromatic N) is 1. The van der Waals surface area contributed by atoms with E-state index in [-0.39, 0.29) is 26.1 Å². The lowest BCUT2D eigenvalue weighted by atomic mass is 10.1. The van der Waals surface area contributed by atoms with E-state index in [9.17, 15) is 19.0 Å². The summed E-state index contributed by atoms with van der Waals surface area (Å²) in [6.45, 7) is 3.97. The van der Waals surface area contributed by atoms with Crippen LogP contribution in [0.2, 0.25) is 0 Å². The van der Waals surface area contributed by atoms with Gasteiger partial charge in [-0.15, -0.1) is 0 Å². The second-order valence-electron chi connectivity index (χ2n) is 16.7. The predicted molar refractivity (Wildman–Crippen MR) is 268 cm³/mol. The summed E-state index contributed by atoms with van der Waals surface area (Å²) in [6, 6.07) is 0. The van der Waals surface area contributed by atoms with Crippen molar-refractivity contribution in [2.45, 2.75) is 161 Å². The minimum absolute atomic E-state index is 0.0457. The van der Waals surface area contributed by atoms with Gasteiger partial charge in [-0.3, -0.25) is 14.2 Å². The topological polar surface area (TPSA) is 111 Å². The van der Waals surface area contributed by atoms with Crippen molar-refractivity contribution in [2.75, 3.05) is 47.5 Å². The molecule has 64 heavy (non-hydrogen) atoms. The Labute approximate surface area is 390 Å². The van der Waals surface area contributed by atoms with E-state index in [1.165, 1.54) is 19.3 Å². The van der Waals surface area contributed by atoms with Crippen molar-refractivity contribution in [2.24, 2.45) is 0 Å². The van der Waals surface area contributed by atoms with Crippen LogP contribution in [0.25, 0.3) is 0 Å². The maximum atomic E-state index is 12.6. The highest BCUT2D eigenvalue weighted by atomic mass is 31.2. The second-order valence-corrected chi connectivity index (χ2v) is 18.2. The third-order valence-electron chi connectivity index (χ3n) is 9.50. The lowest BCUT2D eigenvalue weighted by molar-refractivity contribution is -0.870. The Balaban J connectivity index is 4.24. The summed E-state index contributed by atoms with van der Waals surface area (Å²) in [5, 5.41) is 0. The number of likely N-dealkylation sites (N-methyl/N-ethyl adjacent to an activating group) is 1. The lowest BCUT2D eigenvalue weighted by Gasteiger charge is -2.28. The number of phosphoric acid groups is 1. The lowest BCUT2D eigenvalue weighted by Crippen LogP contribution is -2.37. The minimum Gasteiger partial charge on any atom is -0.756 e. The molecule has 0 aromatic rings. The number of esters is 2. The highest BCUT2D eigenvalue weighted by Gasteiger charge is 2.21. The molecule has 0 aromatic carbocycles. The Morgan fingerprint density at radius 2 is 0.891 bits per heavy atom. The van der Waals surface area contributed by atoms with Crippen LogP contribution in [0.5, 0.6) is 0 Å². The Kier molecular flexibility index (Phi) is 42.1. The van der Waals surface area contributed by atoms with Gasteiger partial charge in [0.2, 0.25) is 0 Å². The zero-order chi connectivity index (χ0) is 47.1. The molecule has 0 aliphatic rings. The molecule has 2 unspecified atom stereocenters. The molecule has 0 rings (SSSR count). The van der Waals surface area contributed by atoms with Crippen molar-refractivity contribution < 1.29 is 42.1 Å². The standard InChI is InChI=1S/C54H88NO8P/c1-6-8-10-12-14-15-16-17-18-19-20-21-22-23-24-25-26-27-28-29-30-31-32-33-34-35-36-37-38-39-41-43-45-47-54(57)63-52(51-62-64(58,59)61-49-48-55(3,4)5)50-60-53(56)46-44-42-40-13-11-9-7-2/h8,10,14-15,17-18,20-21,23-24,26-27,29-30,32-33,35-36,38-39,52H,6-7,9,11-13,16,19,22,25,28,31,34,37,40-51H2,1-5H3/b10-8-,15-14-,18-17-,21-20-,24-23-,27-26-,30-29-,33-32-,36-35-,39-38-. The SMILES string of the molecule is CC/C=C\C/C=C\C/C=C\C/C=C\C/C=C\C/C=C\C/C=C\C/C=C\C/C=C\C/C=C\CCCCC(=O)OC(COC(=O)CCCCCCCCC)COP(=O)([O-])OCC[N+](C)(C)C. The van der Waals surface area contributed by atoms with Gasteiger partial charge in [0, 0.05) is 12.8 Å². The van der Waals surface area contributed by atoms with E-state index in [1.807, 2.05) is 21.1 Å². The average Bonchev–Trinajstić information content (AvgIpc) is 3.25. The summed E-state index contributed by atoms with van der Waals surface area (Å²) < 4.78 is 33.7. The van der Waals surface area contributed by atoms with E-state index in [4.69, 9.17) is 18.5 Å². The van der Waals surface area contributed by atoms with E-state index in [2.05, 4.69) is 135 Å². The molecule has 0 N–H and O–H groups in total. The molecule has 2 atom stereocenters. The minimum atomic E-state index is -4.64. The first-order valence-corrected chi connectivity index (χ1v) is 25.7. The van der Waals surface area contributed by atoms with Crippen LogP contribution in [0.15, 0.2) is 122 Å². The van der Waals surface area contributed by atoms with Gasteiger partial charge in [-0.2, -0.15) is 0 Å². The van der Waals surface area contributed by atoms with Gasteiger partial charge in [0.05, 0.1) is 27.7 Å². The number of carbonyl (C=O) groups is 2. The van der Waals surface area contributed by atoms with Gasteiger partial charge in [0.1, 0.15) is 19.8 Å². The summed E-state index contributed by atoms with van der Waals surface area (Å²) in [7, 11) is 1.11. The number of carbonyl (C=O) groups excluding carboxylic acids is 2. The Morgan fingerprint density at radius 3 is 1.33 bits per heavy atom. The molecule has 0 heterocycles. The van der Waals surface area contributed by atoms with Gasteiger partial charge >= 0.3 is 11.9 Å². The van der Waals surface area contributed by atoms with Crippen LogP contribution >= 0.6 is 7.82 Å². The number of phosphoric ester groups is 1. The molecule has 9 nitrogen and oxygen atoms in total. The van der Waals surface area contributed by atoms with Gasteiger partial charge in [-0.25, -0.2) is 0 Å². The van der Waals surface area contributed by atoms with Crippen molar-refractivity contribution in [3.8, 4) is 0 Å². The average molecular weight is 910 g/mol. The first kappa shape index (κ1) is 60.4. The fourth-order valence-electron chi connectivity index (χ4n) is 5.74. The van der Waals surface area contributed by atoms with Crippen LogP contribution in [0.3, 0.4) is 0 Å². The van der Waals surface area contributed by atoms with Crippen LogP contribution in [0.1, 0.15) is 155 Å². The Morgan fingerprint density at radius 1 is 0.500 bits per heavy atom. The van der Waals surface area contributed by atoms with Gasteiger partial charge in [0.15, 0.2) is 6.10 Å². The largest absolute Gasteiger partial charge is 0.756 e. The molecule has 0 aromatic heterocycles. The third kappa shape index (κ3) is 47.9. The van der Waals surface area contributed by atoms with Gasteiger partial charge in [-0.1, -0.05) is 174 Å². The number of allylic oxidation sites excluding steroid dienone is 20. The molecule has 0 amide bonds. The van der Waals surface area contributed by atoms with Gasteiger partial charge in [0.25, 0.3) is 7.82 Å². The van der Waals surface area contributed by atoms with E-state index < -0.39 is 32.5 Å². The zero-order valence-corrected chi connectivity index (χ0v) is 41.6. The number of ether oxygens (including phenoxy) is 2. The first-order chi connectivity index (χ1) is 31.0. The van der Waals surface area contributed by atoms with Crippen LogP contribution in [-0.2, 0) is 32.7 Å². The fraction of sp³-hybridized carbons (Fsp3) is 0.593. The van der Waals surface area contributed by atoms with E-state index in [0.29, 0.717) is 17.4 Å². The Bertz CT molecular complexity index is 1490. The second kappa shape index (κ2) is 44.6. The van der Waals surface area contributed by atoms with Crippen molar-refractivity contribution in [1.82, 2.24) is 0 Å². The highest BCUT2D eigenvalue weighted by molar-refractivity contribution is 7.45. The number of hydrogen-bond acceptors (Lipinski definition) is 8. The fourth-order valence-corrected chi connectivity index (χ4v) is 6.47. The summed E-state index contributed by atoms with van der Waals surface area (Å²) in [5.41, 5.74) is 0. The number of hydrogen-bond donors (Lipinski definition) is 0. The van der Waals surface area contributed by atoms with Crippen LogP contribution < -0.4 is 4.89 Å². The van der Waals surface area contributed by atoms with Gasteiger partial charge in [-0.05, 0) is 89.9 Å². The van der Waals surface area contributed by atoms with E-state index in [0.717, 1.165) is 103 Å². The molecule has 0 spiro atoms. The molecule has 0 radical (unpaired) electrons.